The van der Waals surface area contributed by atoms with Crippen LogP contribution in [0.5, 0.6) is 11.5 Å². The second-order valence-electron chi connectivity index (χ2n) is 6.70. The topological polar surface area (TPSA) is 80.4 Å². The number of hydrogen-bond donors (Lipinski definition) is 2. The summed E-state index contributed by atoms with van der Waals surface area (Å²) in [5.74, 6) is 1.81. The summed E-state index contributed by atoms with van der Waals surface area (Å²) in [4.78, 5) is 28.1. The SMILES string of the molecule is COc1ccc(OC)c(NC(=O)CSCc2cc(=O)c3ccc(C)c(C)c3[nH]2)c1. The number of H-pyrrole nitrogens is 1. The summed E-state index contributed by atoms with van der Waals surface area (Å²) in [5.41, 5.74) is 4.40. The molecular weight excluding hydrogens is 388 g/mol. The number of fused-ring (bicyclic) bond motifs is 1. The Hall–Kier alpha value is -2.93. The maximum atomic E-state index is 12.4. The van der Waals surface area contributed by atoms with E-state index in [1.165, 1.54) is 11.8 Å². The van der Waals surface area contributed by atoms with Crippen LogP contribution < -0.4 is 20.2 Å². The second kappa shape index (κ2) is 9.05. The van der Waals surface area contributed by atoms with Gasteiger partial charge in [-0.15, -0.1) is 11.8 Å². The molecule has 0 aliphatic rings. The van der Waals surface area contributed by atoms with Crippen LogP contribution in [0.3, 0.4) is 0 Å². The van der Waals surface area contributed by atoms with Gasteiger partial charge in [0.1, 0.15) is 11.5 Å². The molecule has 6 nitrogen and oxygen atoms in total. The van der Waals surface area contributed by atoms with E-state index in [2.05, 4.69) is 10.3 Å². The Morgan fingerprint density at radius 3 is 2.62 bits per heavy atom. The Bertz CT molecular complexity index is 1110. The summed E-state index contributed by atoms with van der Waals surface area (Å²) >= 11 is 1.43. The van der Waals surface area contributed by atoms with E-state index in [1.807, 2.05) is 26.0 Å². The average molecular weight is 413 g/mol. The molecule has 0 saturated heterocycles. The van der Waals surface area contributed by atoms with E-state index in [1.54, 1.807) is 38.5 Å². The van der Waals surface area contributed by atoms with E-state index in [4.69, 9.17) is 9.47 Å². The van der Waals surface area contributed by atoms with E-state index >= 15 is 0 Å². The monoisotopic (exact) mass is 412 g/mol. The summed E-state index contributed by atoms with van der Waals surface area (Å²) in [6.07, 6.45) is 0. The van der Waals surface area contributed by atoms with Gasteiger partial charge in [0.15, 0.2) is 5.43 Å². The lowest BCUT2D eigenvalue weighted by atomic mass is 10.0. The molecule has 2 N–H and O–H groups in total. The van der Waals surface area contributed by atoms with Crippen LogP contribution in [0.1, 0.15) is 16.8 Å². The van der Waals surface area contributed by atoms with Crippen LogP contribution in [0.25, 0.3) is 10.9 Å². The van der Waals surface area contributed by atoms with Crippen molar-refractivity contribution in [2.45, 2.75) is 19.6 Å². The molecule has 29 heavy (non-hydrogen) atoms. The third-order valence-electron chi connectivity index (χ3n) is 4.76. The van der Waals surface area contributed by atoms with Gasteiger partial charge in [0, 0.05) is 29.0 Å². The highest BCUT2D eigenvalue weighted by atomic mass is 32.2. The maximum Gasteiger partial charge on any atom is 0.234 e. The maximum absolute atomic E-state index is 12.4. The van der Waals surface area contributed by atoms with Crippen LogP contribution in [0.15, 0.2) is 41.2 Å². The molecule has 0 radical (unpaired) electrons. The molecule has 3 aromatic rings. The molecule has 0 spiro atoms. The third kappa shape index (κ3) is 4.74. The molecule has 0 fully saturated rings. The predicted molar refractivity (Wildman–Crippen MR) is 118 cm³/mol. The van der Waals surface area contributed by atoms with Gasteiger partial charge in [0.25, 0.3) is 0 Å². The summed E-state index contributed by atoms with van der Waals surface area (Å²) in [7, 11) is 3.11. The number of aryl methyl sites for hydroxylation is 2. The molecule has 2 aromatic carbocycles. The number of hydrogen-bond acceptors (Lipinski definition) is 5. The minimum atomic E-state index is -0.156. The number of benzene rings is 2. The first-order valence-electron chi connectivity index (χ1n) is 9.14. The molecular formula is C22H24N2O4S. The second-order valence-corrected chi connectivity index (χ2v) is 7.68. The molecule has 1 amide bonds. The number of thioether (sulfide) groups is 1. The number of carbonyl (C=O) groups is 1. The lowest BCUT2D eigenvalue weighted by molar-refractivity contribution is -0.113. The van der Waals surface area contributed by atoms with Gasteiger partial charge < -0.3 is 19.8 Å². The number of anilines is 1. The first-order chi connectivity index (χ1) is 13.9. The van der Waals surface area contributed by atoms with Crippen molar-refractivity contribution in [3.63, 3.8) is 0 Å². The van der Waals surface area contributed by atoms with Gasteiger partial charge in [-0.2, -0.15) is 0 Å². The Morgan fingerprint density at radius 2 is 1.90 bits per heavy atom. The number of nitrogens with one attached hydrogen (secondary N) is 2. The van der Waals surface area contributed by atoms with Gasteiger partial charge in [-0.25, -0.2) is 0 Å². The van der Waals surface area contributed by atoms with E-state index in [0.29, 0.717) is 28.3 Å². The van der Waals surface area contributed by atoms with E-state index in [9.17, 15) is 9.59 Å². The third-order valence-corrected chi connectivity index (χ3v) is 5.75. The summed E-state index contributed by atoms with van der Waals surface area (Å²) in [6.45, 7) is 4.02. The fourth-order valence-electron chi connectivity index (χ4n) is 3.04. The van der Waals surface area contributed by atoms with Crippen molar-refractivity contribution in [3.8, 4) is 11.5 Å². The Balaban J connectivity index is 1.66. The van der Waals surface area contributed by atoms with E-state index in [0.717, 1.165) is 22.3 Å². The normalized spacial score (nSPS) is 10.8. The minimum absolute atomic E-state index is 0.0111. The largest absolute Gasteiger partial charge is 0.497 e. The van der Waals surface area contributed by atoms with E-state index in [-0.39, 0.29) is 17.1 Å². The zero-order valence-corrected chi connectivity index (χ0v) is 17.7. The zero-order chi connectivity index (χ0) is 21.0. The molecule has 0 aliphatic heterocycles. The number of amides is 1. The van der Waals surface area contributed by atoms with Crippen molar-refractivity contribution < 1.29 is 14.3 Å². The van der Waals surface area contributed by atoms with Gasteiger partial charge >= 0.3 is 0 Å². The molecule has 0 atom stereocenters. The Kier molecular flexibility index (Phi) is 6.49. The highest BCUT2D eigenvalue weighted by Crippen LogP contribution is 2.29. The molecule has 152 valence electrons. The molecule has 1 aromatic heterocycles. The van der Waals surface area contributed by atoms with Crippen molar-refractivity contribution in [2.75, 3.05) is 25.3 Å². The number of rotatable bonds is 7. The summed E-state index contributed by atoms with van der Waals surface area (Å²) in [5, 5.41) is 3.53. The minimum Gasteiger partial charge on any atom is -0.497 e. The van der Waals surface area contributed by atoms with Crippen molar-refractivity contribution in [3.05, 3.63) is 63.4 Å². The predicted octanol–water partition coefficient (Wildman–Crippen LogP) is 4.03. The molecule has 7 heteroatoms. The highest BCUT2D eigenvalue weighted by Gasteiger charge is 2.11. The van der Waals surface area contributed by atoms with E-state index < -0.39 is 0 Å². The van der Waals surface area contributed by atoms with Crippen LogP contribution in [0.2, 0.25) is 0 Å². The van der Waals surface area contributed by atoms with Crippen LogP contribution >= 0.6 is 11.8 Å². The Morgan fingerprint density at radius 1 is 1.10 bits per heavy atom. The van der Waals surface area contributed by atoms with Gasteiger partial charge in [-0.1, -0.05) is 6.07 Å². The lowest BCUT2D eigenvalue weighted by Crippen LogP contribution is -2.15. The number of aromatic amines is 1. The van der Waals surface area contributed by atoms with Gasteiger partial charge in [0.2, 0.25) is 5.91 Å². The number of aromatic nitrogens is 1. The van der Waals surface area contributed by atoms with Crippen molar-refractivity contribution in [1.29, 1.82) is 0 Å². The van der Waals surface area contributed by atoms with Crippen LogP contribution in [-0.4, -0.2) is 30.9 Å². The zero-order valence-electron chi connectivity index (χ0n) is 16.9. The van der Waals surface area contributed by atoms with Gasteiger partial charge in [-0.3, -0.25) is 9.59 Å². The first-order valence-corrected chi connectivity index (χ1v) is 10.3. The molecule has 3 rings (SSSR count). The van der Waals surface area contributed by atoms with Crippen LogP contribution in [0, 0.1) is 13.8 Å². The van der Waals surface area contributed by atoms with Crippen LogP contribution in [-0.2, 0) is 10.5 Å². The van der Waals surface area contributed by atoms with Gasteiger partial charge in [0.05, 0.1) is 31.2 Å². The quantitative estimate of drug-likeness (QED) is 0.612. The van der Waals surface area contributed by atoms with Crippen molar-refractivity contribution in [2.24, 2.45) is 0 Å². The lowest BCUT2D eigenvalue weighted by Gasteiger charge is -2.12. The Labute approximate surface area is 173 Å². The van der Waals surface area contributed by atoms with Gasteiger partial charge in [-0.05, 0) is 43.2 Å². The van der Waals surface area contributed by atoms with Crippen molar-refractivity contribution in [1.82, 2.24) is 4.98 Å². The first kappa shape index (κ1) is 20.8. The van der Waals surface area contributed by atoms with Crippen molar-refractivity contribution >= 4 is 34.3 Å². The fraction of sp³-hybridized carbons (Fsp3) is 0.273. The highest BCUT2D eigenvalue weighted by molar-refractivity contribution is 7.99. The molecule has 0 unspecified atom stereocenters. The number of carbonyl (C=O) groups excluding carboxylic acids is 1. The smallest absolute Gasteiger partial charge is 0.234 e. The average Bonchev–Trinajstić information content (AvgIpc) is 2.71. The standard InChI is InChI=1S/C22H24N2O4S/c1-13-5-7-17-19(25)9-15(23-22(17)14(13)2)11-29-12-21(26)24-18-10-16(27-3)6-8-20(18)28-4/h5-10H,11-12H2,1-4H3,(H,23,25)(H,24,26). The summed E-state index contributed by atoms with van der Waals surface area (Å²) < 4.78 is 10.5. The number of pyridine rings is 1. The number of ether oxygens (including phenoxy) is 2. The van der Waals surface area contributed by atoms with Crippen LogP contribution in [0.4, 0.5) is 5.69 Å². The fourth-order valence-corrected chi connectivity index (χ4v) is 3.78. The number of methoxy groups -OCH3 is 2. The molecule has 0 bridgehead atoms. The molecule has 0 saturated carbocycles. The summed E-state index contributed by atoms with van der Waals surface area (Å²) in [6, 6.07) is 10.6. The molecule has 1 heterocycles. The molecule has 0 aliphatic carbocycles.